The molecule has 0 fully saturated rings. The van der Waals surface area contributed by atoms with Gasteiger partial charge in [0.2, 0.25) is 11.6 Å². The van der Waals surface area contributed by atoms with Crippen LogP contribution in [0.25, 0.3) is 5.82 Å². The fourth-order valence-corrected chi connectivity index (χ4v) is 3.61. The highest BCUT2D eigenvalue weighted by Crippen LogP contribution is 2.27. The van der Waals surface area contributed by atoms with E-state index in [9.17, 15) is 9.18 Å². The smallest absolute Gasteiger partial charge is 0.293 e. The second kappa shape index (κ2) is 9.58. The number of nitrogen functional groups attached to an aromatic ring is 1. The number of nitrogens with one attached hydrogen (secondary N) is 1. The number of anilines is 1. The third kappa shape index (κ3) is 4.76. The molecular formula is C19H14ClFN8O2S. The summed E-state index contributed by atoms with van der Waals surface area (Å²) in [5.74, 6) is -0.757. The number of nitrogens with two attached hydrogens (primary N) is 1. The summed E-state index contributed by atoms with van der Waals surface area (Å²) in [6, 6.07) is 13.2. The predicted octanol–water partition coefficient (Wildman–Crippen LogP) is 3.08. The summed E-state index contributed by atoms with van der Waals surface area (Å²) < 4.78 is 19.6. The number of aromatic nitrogens is 5. The Morgan fingerprint density at radius 2 is 2.03 bits per heavy atom. The molecule has 0 radical (unpaired) electrons. The molecule has 4 rings (SSSR count). The first-order valence-electron chi connectivity index (χ1n) is 9.02. The normalized spacial score (nSPS) is 11.2. The molecule has 1 amide bonds. The van der Waals surface area contributed by atoms with Crippen molar-refractivity contribution in [1.29, 1.82) is 0 Å². The predicted molar refractivity (Wildman–Crippen MR) is 116 cm³/mol. The van der Waals surface area contributed by atoms with E-state index in [0.29, 0.717) is 10.7 Å². The van der Waals surface area contributed by atoms with Crippen LogP contribution in [0.5, 0.6) is 0 Å². The van der Waals surface area contributed by atoms with Crippen LogP contribution in [0.4, 0.5) is 10.2 Å². The largest absolute Gasteiger partial charge is 0.378 e. The zero-order valence-corrected chi connectivity index (χ0v) is 17.7. The van der Waals surface area contributed by atoms with Crippen molar-refractivity contribution in [2.24, 2.45) is 5.10 Å². The quantitative estimate of drug-likeness (QED) is 0.238. The van der Waals surface area contributed by atoms with Crippen molar-refractivity contribution in [3.05, 3.63) is 76.3 Å². The third-order valence-electron chi connectivity index (χ3n) is 4.14. The lowest BCUT2D eigenvalue weighted by molar-refractivity contribution is 0.0949. The Balaban J connectivity index is 1.58. The molecule has 0 bridgehead atoms. The molecule has 0 aliphatic heterocycles. The van der Waals surface area contributed by atoms with Gasteiger partial charge in [-0.2, -0.15) is 9.78 Å². The van der Waals surface area contributed by atoms with Gasteiger partial charge in [0.25, 0.3) is 5.91 Å². The minimum atomic E-state index is -0.648. The number of rotatable bonds is 7. The van der Waals surface area contributed by atoms with Crippen LogP contribution in [0.1, 0.15) is 21.7 Å². The summed E-state index contributed by atoms with van der Waals surface area (Å²) in [5, 5.41) is 19.6. The average molecular weight is 473 g/mol. The highest BCUT2D eigenvalue weighted by molar-refractivity contribution is 7.98. The standard InChI is InChI=1S/C19H14ClFN8O2S/c20-12-5-7-13(8-6-12)32-10-15-16(24-28-29(15)18-17(22)26-31-27-18)19(30)25-23-9-11-3-1-2-4-14(11)21/h1-9H,10H2,(H2,22,26)(H,25,30)/b23-9-. The van der Waals surface area contributed by atoms with E-state index < -0.39 is 11.7 Å². The van der Waals surface area contributed by atoms with Gasteiger partial charge in [0, 0.05) is 21.2 Å². The Labute approximate surface area is 189 Å². The molecular weight excluding hydrogens is 459 g/mol. The van der Waals surface area contributed by atoms with Gasteiger partial charge in [0.15, 0.2) is 5.69 Å². The zero-order valence-electron chi connectivity index (χ0n) is 16.1. The number of hydrogen-bond donors (Lipinski definition) is 2. The monoisotopic (exact) mass is 472 g/mol. The topological polar surface area (TPSA) is 137 Å². The van der Waals surface area contributed by atoms with Crippen molar-refractivity contribution in [2.45, 2.75) is 10.6 Å². The lowest BCUT2D eigenvalue weighted by Gasteiger charge is -2.06. The van der Waals surface area contributed by atoms with Crippen molar-refractivity contribution in [1.82, 2.24) is 30.7 Å². The first-order chi connectivity index (χ1) is 15.5. The lowest BCUT2D eigenvalue weighted by Crippen LogP contribution is -2.20. The summed E-state index contributed by atoms with van der Waals surface area (Å²) in [7, 11) is 0. The van der Waals surface area contributed by atoms with Gasteiger partial charge < -0.3 is 5.73 Å². The van der Waals surface area contributed by atoms with Gasteiger partial charge in [-0.25, -0.2) is 14.4 Å². The Morgan fingerprint density at radius 3 is 2.75 bits per heavy atom. The number of benzene rings is 2. The van der Waals surface area contributed by atoms with Crippen molar-refractivity contribution in [3.63, 3.8) is 0 Å². The highest BCUT2D eigenvalue weighted by atomic mass is 35.5. The molecule has 10 nitrogen and oxygen atoms in total. The summed E-state index contributed by atoms with van der Waals surface area (Å²) in [6.45, 7) is 0. The second-order valence-electron chi connectivity index (χ2n) is 6.23. The zero-order chi connectivity index (χ0) is 22.5. The molecule has 3 N–H and O–H groups in total. The number of hydrogen-bond acceptors (Lipinski definition) is 9. The van der Waals surface area contributed by atoms with Crippen LogP contribution in [-0.4, -0.2) is 37.4 Å². The number of carbonyl (C=O) groups excluding carboxylic acids is 1. The fraction of sp³-hybridized carbons (Fsp3) is 0.0526. The second-order valence-corrected chi connectivity index (χ2v) is 7.72. The number of nitrogens with zero attached hydrogens (tertiary/aromatic N) is 6. The molecule has 0 saturated heterocycles. The molecule has 0 unspecified atom stereocenters. The van der Waals surface area contributed by atoms with Crippen molar-refractivity contribution < 1.29 is 13.8 Å². The summed E-state index contributed by atoms with van der Waals surface area (Å²) >= 11 is 7.34. The van der Waals surface area contributed by atoms with Crippen LogP contribution in [-0.2, 0) is 5.75 Å². The van der Waals surface area contributed by atoms with Crippen molar-refractivity contribution >= 4 is 41.3 Å². The van der Waals surface area contributed by atoms with Gasteiger partial charge in [-0.05, 0) is 40.6 Å². The molecule has 2 heterocycles. The molecule has 0 aliphatic rings. The van der Waals surface area contributed by atoms with Crippen molar-refractivity contribution in [2.75, 3.05) is 5.73 Å². The maximum atomic E-state index is 13.7. The Bertz CT molecular complexity index is 1270. The fourth-order valence-electron chi connectivity index (χ4n) is 2.59. The number of thioether (sulfide) groups is 1. The molecule has 13 heteroatoms. The van der Waals surface area contributed by atoms with E-state index in [1.54, 1.807) is 24.3 Å². The van der Waals surface area contributed by atoms with E-state index in [-0.39, 0.29) is 28.6 Å². The van der Waals surface area contributed by atoms with Crippen LogP contribution in [0.2, 0.25) is 5.02 Å². The molecule has 32 heavy (non-hydrogen) atoms. The number of hydrazone groups is 1. The molecule has 0 spiro atoms. The van der Waals surface area contributed by atoms with Crippen LogP contribution < -0.4 is 11.2 Å². The molecule has 0 saturated carbocycles. The summed E-state index contributed by atoms with van der Waals surface area (Å²) in [5.41, 5.74) is 8.68. The van der Waals surface area contributed by atoms with E-state index >= 15 is 0 Å². The average Bonchev–Trinajstić information content (AvgIpc) is 3.40. The molecule has 0 atom stereocenters. The van der Waals surface area contributed by atoms with Crippen LogP contribution in [0, 0.1) is 5.82 Å². The van der Waals surface area contributed by atoms with Gasteiger partial charge in [0.1, 0.15) is 5.82 Å². The van der Waals surface area contributed by atoms with Gasteiger partial charge in [-0.1, -0.05) is 35.0 Å². The van der Waals surface area contributed by atoms with Gasteiger partial charge in [-0.15, -0.1) is 16.9 Å². The van der Waals surface area contributed by atoms with E-state index in [2.05, 4.69) is 35.8 Å². The first-order valence-corrected chi connectivity index (χ1v) is 10.4. The number of carbonyl (C=O) groups is 1. The molecule has 162 valence electrons. The van der Waals surface area contributed by atoms with Crippen LogP contribution >= 0.6 is 23.4 Å². The molecule has 2 aromatic heterocycles. The molecule has 4 aromatic rings. The first kappa shape index (κ1) is 21.5. The van der Waals surface area contributed by atoms with Gasteiger partial charge in [0.05, 0.1) is 11.9 Å². The van der Waals surface area contributed by atoms with Gasteiger partial charge >= 0.3 is 0 Å². The van der Waals surface area contributed by atoms with Crippen molar-refractivity contribution in [3.8, 4) is 5.82 Å². The Morgan fingerprint density at radius 1 is 1.25 bits per heavy atom. The maximum absolute atomic E-state index is 13.7. The Kier molecular flexibility index (Phi) is 6.42. The van der Waals surface area contributed by atoms with E-state index in [0.717, 1.165) is 4.90 Å². The van der Waals surface area contributed by atoms with E-state index in [1.807, 2.05) is 12.1 Å². The third-order valence-corrected chi connectivity index (χ3v) is 5.41. The SMILES string of the molecule is Nc1nonc1-n1nnc(C(=O)N/N=C\c2ccccc2F)c1CSc1ccc(Cl)cc1. The molecule has 2 aromatic carbocycles. The Hall–Kier alpha value is -3.77. The highest BCUT2D eigenvalue weighted by Gasteiger charge is 2.24. The summed E-state index contributed by atoms with van der Waals surface area (Å²) in [4.78, 5) is 13.6. The van der Waals surface area contributed by atoms with E-state index in [1.165, 1.54) is 34.8 Å². The minimum absolute atomic E-state index is 0.0143. The maximum Gasteiger partial charge on any atom is 0.293 e. The van der Waals surface area contributed by atoms with Crippen LogP contribution in [0.15, 0.2) is 63.2 Å². The van der Waals surface area contributed by atoms with Crippen LogP contribution in [0.3, 0.4) is 0 Å². The molecule has 0 aliphatic carbocycles. The van der Waals surface area contributed by atoms with Gasteiger partial charge in [-0.3, -0.25) is 4.79 Å². The lowest BCUT2D eigenvalue weighted by atomic mass is 10.2. The number of halogens is 2. The number of amides is 1. The summed E-state index contributed by atoms with van der Waals surface area (Å²) in [6.07, 6.45) is 1.19. The van der Waals surface area contributed by atoms with E-state index in [4.69, 9.17) is 17.3 Å². The minimum Gasteiger partial charge on any atom is -0.378 e.